The number of ketones is 1. The van der Waals surface area contributed by atoms with E-state index in [9.17, 15) is 28.8 Å². The number of Topliss-reactive ketones (excluding diaryl/α,β-unsaturated/α-hetero) is 1. The molecular weight excluding hydrogens is 554 g/mol. The fourth-order valence-electron chi connectivity index (χ4n) is 4.90. The van der Waals surface area contributed by atoms with E-state index in [1.54, 1.807) is 20.8 Å². The van der Waals surface area contributed by atoms with E-state index in [4.69, 9.17) is 10.5 Å². The van der Waals surface area contributed by atoms with Gasteiger partial charge in [-0.1, -0.05) is 79.9 Å². The highest BCUT2D eigenvalue weighted by molar-refractivity contribution is 6.37. The summed E-state index contributed by atoms with van der Waals surface area (Å²) in [5.41, 5.74) is 3.07. The van der Waals surface area contributed by atoms with Gasteiger partial charge in [0.05, 0.1) is 6.04 Å². The van der Waals surface area contributed by atoms with Crippen LogP contribution in [0.5, 0.6) is 0 Å². The number of esters is 1. The van der Waals surface area contributed by atoms with E-state index < -0.39 is 64.6 Å². The Bertz CT molecular complexity index is 1010. The number of nitrogens with two attached hydrogens (primary N) is 1. The van der Waals surface area contributed by atoms with Gasteiger partial charge in [-0.05, 0) is 43.9 Å². The Morgan fingerprint density at radius 3 is 2.09 bits per heavy atom. The molecule has 244 valence electrons. The number of hydrogen-bond acceptors (Lipinski definition) is 7. The topological polar surface area (TPSA) is 177 Å². The van der Waals surface area contributed by atoms with Gasteiger partial charge in [-0.15, -0.1) is 0 Å². The van der Waals surface area contributed by atoms with Crippen LogP contribution in [0.4, 0.5) is 4.79 Å². The monoisotopic (exact) mass is 607 g/mol. The first-order chi connectivity index (χ1) is 20.0. The van der Waals surface area contributed by atoms with E-state index in [2.05, 4.69) is 43.3 Å². The van der Waals surface area contributed by atoms with E-state index in [1.807, 2.05) is 0 Å². The van der Waals surface area contributed by atoms with Crippen LogP contribution >= 0.6 is 0 Å². The number of urea groups is 1. The molecule has 43 heavy (non-hydrogen) atoms. The molecule has 0 aromatic rings. The summed E-state index contributed by atoms with van der Waals surface area (Å²) in [4.78, 5) is 76.9. The maximum atomic E-state index is 13.7. The van der Waals surface area contributed by atoms with Gasteiger partial charge in [0, 0.05) is 6.54 Å². The Balaban J connectivity index is 0.00000170. The summed E-state index contributed by atoms with van der Waals surface area (Å²) in [6.45, 7) is 17.2. The second kappa shape index (κ2) is 17.0. The minimum Gasteiger partial charge on any atom is -0.460 e. The van der Waals surface area contributed by atoms with Gasteiger partial charge in [-0.25, -0.2) is 9.59 Å². The minimum atomic E-state index is -1.20. The number of rotatable bonds is 11. The van der Waals surface area contributed by atoms with Crippen molar-refractivity contribution in [3.05, 3.63) is 12.7 Å². The number of carbonyl (C=O) groups is 6. The predicted octanol–water partition coefficient (Wildman–Crippen LogP) is 2.73. The molecule has 5 N–H and O–H groups in total. The molecule has 1 heterocycles. The van der Waals surface area contributed by atoms with E-state index in [0.29, 0.717) is 25.7 Å². The van der Waals surface area contributed by atoms with Crippen LogP contribution in [0, 0.1) is 11.3 Å². The number of ether oxygens (including phenoxy) is 1. The molecule has 1 aliphatic heterocycles. The van der Waals surface area contributed by atoms with E-state index in [0.717, 1.165) is 25.2 Å². The zero-order valence-electron chi connectivity index (χ0n) is 27.0. The van der Waals surface area contributed by atoms with Crippen molar-refractivity contribution in [3.8, 4) is 0 Å². The van der Waals surface area contributed by atoms with E-state index >= 15 is 0 Å². The number of nitrogens with one attached hydrogen (secondary N) is 3. The second-order valence-corrected chi connectivity index (χ2v) is 12.9. The Labute approximate surface area is 256 Å². The molecule has 12 nitrogen and oxygen atoms in total. The first-order valence-corrected chi connectivity index (χ1v) is 15.3. The number of amides is 5. The van der Waals surface area contributed by atoms with Crippen molar-refractivity contribution in [2.24, 2.45) is 17.1 Å². The summed E-state index contributed by atoms with van der Waals surface area (Å²) in [5, 5.41) is 7.97. The van der Waals surface area contributed by atoms with Crippen LogP contribution in [-0.2, 0) is 28.7 Å². The number of likely N-dealkylation sites (tertiary alicyclic amines) is 1. The largest absolute Gasteiger partial charge is 0.460 e. The lowest BCUT2D eigenvalue weighted by molar-refractivity contribution is -0.151. The smallest absolute Gasteiger partial charge is 0.332 e. The highest BCUT2D eigenvalue weighted by Crippen LogP contribution is 2.30. The molecule has 2 fully saturated rings. The molecule has 2 rings (SSSR count). The van der Waals surface area contributed by atoms with Crippen LogP contribution in [0.2, 0.25) is 0 Å². The van der Waals surface area contributed by atoms with Gasteiger partial charge in [-0.2, -0.15) is 0 Å². The van der Waals surface area contributed by atoms with Gasteiger partial charge in [0.1, 0.15) is 24.2 Å². The highest BCUT2D eigenvalue weighted by Gasteiger charge is 2.45. The zero-order chi connectivity index (χ0) is 33.0. The lowest BCUT2D eigenvalue weighted by atomic mass is 9.81. The van der Waals surface area contributed by atoms with Crippen LogP contribution in [-0.4, -0.2) is 77.2 Å². The van der Waals surface area contributed by atoms with Crippen molar-refractivity contribution in [3.63, 3.8) is 0 Å². The quantitative estimate of drug-likeness (QED) is 0.158. The maximum Gasteiger partial charge on any atom is 0.332 e. The van der Waals surface area contributed by atoms with Gasteiger partial charge in [-0.3, -0.25) is 19.2 Å². The molecule has 0 aromatic heterocycles. The molecule has 3 atom stereocenters. The van der Waals surface area contributed by atoms with Gasteiger partial charge in [0.15, 0.2) is 0 Å². The molecule has 0 bridgehead atoms. The van der Waals surface area contributed by atoms with Crippen molar-refractivity contribution in [2.75, 3.05) is 13.2 Å². The van der Waals surface area contributed by atoms with E-state index in [1.165, 1.54) is 24.3 Å². The first-order valence-electron chi connectivity index (χ1n) is 15.3. The zero-order valence-corrected chi connectivity index (χ0v) is 27.0. The number of primary amides is 1. The van der Waals surface area contributed by atoms with Gasteiger partial charge < -0.3 is 31.3 Å². The highest BCUT2D eigenvalue weighted by atomic mass is 16.5. The average Bonchev–Trinajstić information content (AvgIpc) is 3.44. The van der Waals surface area contributed by atoms with Gasteiger partial charge in [0.2, 0.25) is 17.6 Å². The molecule has 2 unspecified atom stereocenters. The van der Waals surface area contributed by atoms with Crippen molar-refractivity contribution < 1.29 is 33.5 Å². The molecule has 1 saturated heterocycles. The first kappa shape index (κ1) is 37.6. The average molecular weight is 608 g/mol. The third kappa shape index (κ3) is 11.3. The molecule has 1 aliphatic carbocycles. The molecule has 12 heteroatoms. The fourth-order valence-corrected chi connectivity index (χ4v) is 4.90. The summed E-state index contributed by atoms with van der Waals surface area (Å²) < 4.78 is 5.27. The van der Waals surface area contributed by atoms with Gasteiger partial charge in [0.25, 0.3) is 5.91 Å². The normalized spacial score (nSPS) is 19.2. The Morgan fingerprint density at radius 2 is 1.60 bits per heavy atom. The molecule has 1 saturated carbocycles. The van der Waals surface area contributed by atoms with Crippen LogP contribution in [0.15, 0.2) is 12.7 Å². The standard InChI is InChI=1S/C26H41N5O7.C5H12/c1-6-15-38-23(36)26(12-8-7-9-13-26)30-24(37)29-19(25(3,4)5)22(35)31-14-10-11-17(31)21(34)28-16(2)18(32)20(27)33;1-4-5(2)3/h6,16-17,19H,1,7-15H2,2-5H3,(H2,27,33)(H,28,34)(H2,29,30,37);5H,4H2,1-3H3/t16?,17-,19?;/m0./s1. The van der Waals surface area contributed by atoms with Crippen LogP contribution in [0.25, 0.3) is 0 Å². The van der Waals surface area contributed by atoms with E-state index in [-0.39, 0.29) is 13.2 Å². The fraction of sp³-hybridized carbons (Fsp3) is 0.742. The minimum absolute atomic E-state index is 0.0229. The molecule has 5 amide bonds. The third-order valence-corrected chi connectivity index (χ3v) is 7.82. The Morgan fingerprint density at radius 1 is 1.02 bits per heavy atom. The number of hydrogen-bond donors (Lipinski definition) is 4. The molecule has 2 aliphatic rings. The summed E-state index contributed by atoms with van der Waals surface area (Å²) in [6, 6.07) is -3.71. The molecule has 0 aromatic carbocycles. The summed E-state index contributed by atoms with van der Waals surface area (Å²) in [7, 11) is 0. The number of nitrogens with zero attached hydrogens (tertiary/aromatic N) is 1. The molecule has 0 spiro atoms. The second-order valence-electron chi connectivity index (χ2n) is 12.9. The number of carbonyl (C=O) groups excluding carboxylic acids is 6. The Kier molecular flexibility index (Phi) is 14.9. The van der Waals surface area contributed by atoms with Crippen molar-refractivity contribution >= 4 is 35.5 Å². The summed E-state index contributed by atoms with van der Waals surface area (Å²) in [6.07, 6.45) is 6.92. The molecular formula is C31H53N5O7. The van der Waals surface area contributed by atoms with Crippen LogP contribution < -0.4 is 21.7 Å². The maximum absolute atomic E-state index is 13.7. The van der Waals surface area contributed by atoms with Crippen LogP contribution in [0.1, 0.15) is 99.8 Å². The van der Waals surface area contributed by atoms with Gasteiger partial charge >= 0.3 is 12.0 Å². The van der Waals surface area contributed by atoms with Crippen molar-refractivity contribution in [1.29, 1.82) is 0 Å². The summed E-state index contributed by atoms with van der Waals surface area (Å²) in [5.74, 6) is -2.81. The predicted molar refractivity (Wildman–Crippen MR) is 164 cm³/mol. The van der Waals surface area contributed by atoms with Crippen molar-refractivity contribution in [1.82, 2.24) is 20.9 Å². The Hall–Kier alpha value is -3.44. The lowest BCUT2D eigenvalue weighted by Crippen LogP contribution is -2.63. The lowest BCUT2D eigenvalue weighted by Gasteiger charge is -2.38. The summed E-state index contributed by atoms with van der Waals surface area (Å²) >= 11 is 0. The SMILES string of the molecule is C=CCOC(=O)C1(NC(=O)NC(C(=O)N2CCC[C@H]2C(=O)NC(C)C(=O)C(N)=O)C(C)(C)C)CCCCC1.CCC(C)C. The third-order valence-electron chi connectivity index (χ3n) is 7.82. The van der Waals surface area contributed by atoms with Crippen molar-refractivity contribution in [2.45, 2.75) is 123 Å². The van der Waals surface area contributed by atoms with Crippen LogP contribution in [0.3, 0.4) is 0 Å². The molecule has 0 radical (unpaired) electrons.